The van der Waals surface area contributed by atoms with Gasteiger partial charge in [-0.2, -0.15) is 10.1 Å². The molecule has 0 saturated carbocycles. The summed E-state index contributed by atoms with van der Waals surface area (Å²) in [6.07, 6.45) is 8.08. The zero-order valence-electron chi connectivity index (χ0n) is 38.6. The van der Waals surface area contributed by atoms with Crippen LogP contribution >= 0.6 is 23.2 Å². The molecule has 0 amide bonds. The Bertz CT molecular complexity index is 3070. The lowest BCUT2D eigenvalue weighted by Gasteiger charge is -2.50. The van der Waals surface area contributed by atoms with Gasteiger partial charge in [-0.15, -0.1) is 0 Å². The number of fused-ring (bicyclic) bond motifs is 11. The minimum atomic E-state index is -0.567. The van der Waals surface area contributed by atoms with Gasteiger partial charge in [0, 0.05) is 68.1 Å². The molecule has 2 saturated heterocycles. The Morgan fingerprint density at radius 2 is 1.28 bits per heavy atom. The van der Waals surface area contributed by atoms with Crippen molar-refractivity contribution >= 4 is 79.5 Å². The number of piperidine rings is 2. The molecule has 14 heteroatoms. The van der Waals surface area contributed by atoms with Gasteiger partial charge in [0.05, 0.1) is 53.8 Å². The summed E-state index contributed by atoms with van der Waals surface area (Å²) in [5.41, 5.74) is 7.46. The number of para-hydroxylation sites is 2. The van der Waals surface area contributed by atoms with Crippen molar-refractivity contribution in [3.63, 3.8) is 0 Å². The highest BCUT2D eigenvalue weighted by atomic mass is 35.5. The van der Waals surface area contributed by atoms with E-state index in [4.69, 9.17) is 32.7 Å². The van der Waals surface area contributed by atoms with E-state index in [1.807, 2.05) is 66.7 Å². The third-order valence-electron chi connectivity index (χ3n) is 16.0. The summed E-state index contributed by atoms with van der Waals surface area (Å²) < 4.78 is 15.7. The predicted molar refractivity (Wildman–Crippen MR) is 266 cm³/mol. The molecule has 0 radical (unpaired) electrons. The van der Waals surface area contributed by atoms with E-state index in [2.05, 4.69) is 70.0 Å². The zero-order chi connectivity index (χ0) is 47.2. The van der Waals surface area contributed by atoms with Gasteiger partial charge in [-0.05, 0) is 116 Å². The molecular weight excluding hydrogens is 900 g/mol. The third kappa shape index (κ3) is 6.77. The fourth-order valence-corrected chi connectivity index (χ4v) is 13.3. The Hall–Kier alpha value is -5.60. The van der Waals surface area contributed by atoms with Crippen LogP contribution in [0.2, 0.25) is 10.0 Å². The number of carbonyl (C=O) groups is 2. The Morgan fingerprint density at radius 1 is 0.735 bits per heavy atom. The van der Waals surface area contributed by atoms with Gasteiger partial charge in [-0.25, -0.2) is 9.59 Å². The standard InChI is InChI=1S/C54H56Cl2N6O6/c1-5-53-23-11-25-59(65)51(53)61-42-15-9-7-13-34(42)36(47(61)38(29-53)49(63)67-3)28-41-45(46(57-33-20-17-31(55)18-21-33)37-27-32(56)19-22-40(37)58-41)44-35-14-8-10-16-43(35)62-48(44)39(50(64)68-4)30-54(6-2)24-12-26-60(66)52(54)62/h7-10,13-22,27,29-30,41,45-46,51-52,57-58,65-66H,5-6,11-12,23-26,28H2,1-4H3/t41-,45+,46?,51+,52+,53-,54-/m0/s1. The van der Waals surface area contributed by atoms with E-state index in [9.17, 15) is 20.0 Å². The summed E-state index contributed by atoms with van der Waals surface area (Å²) in [4.78, 5) is 28.9. The number of aromatic nitrogens is 2. The highest BCUT2D eigenvalue weighted by Gasteiger charge is 2.53. The molecule has 6 aromatic rings. The number of nitrogens with zero attached hydrogens (tertiary/aromatic N) is 4. The molecule has 4 N–H and O–H groups in total. The van der Waals surface area contributed by atoms with Crippen LogP contribution in [-0.4, -0.2) is 75.0 Å². The minimum absolute atomic E-state index is 0.394. The Balaban J connectivity index is 1.22. The van der Waals surface area contributed by atoms with Gasteiger partial charge < -0.3 is 39.7 Å². The monoisotopic (exact) mass is 954 g/mol. The molecule has 11 rings (SSSR count). The highest BCUT2D eigenvalue weighted by molar-refractivity contribution is 6.31. The molecule has 4 aromatic carbocycles. The fraction of sp³-hybridized carbons (Fsp3) is 0.370. The number of rotatable bonds is 9. The molecule has 2 fully saturated rings. The van der Waals surface area contributed by atoms with Crippen molar-refractivity contribution in [2.75, 3.05) is 37.9 Å². The summed E-state index contributed by atoms with van der Waals surface area (Å²) in [5, 5.41) is 37.9. The van der Waals surface area contributed by atoms with E-state index in [0.29, 0.717) is 64.9 Å². The normalized spacial score (nSPS) is 26.6. The van der Waals surface area contributed by atoms with Gasteiger partial charge >= 0.3 is 11.9 Å². The fourth-order valence-electron chi connectivity index (χ4n) is 13.0. The van der Waals surface area contributed by atoms with E-state index < -0.39 is 53.1 Å². The van der Waals surface area contributed by atoms with E-state index in [1.165, 1.54) is 24.3 Å². The number of esters is 2. The first kappa shape index (κ1) is 44.9. The molecule has 0 bridgehead atoms. The second kappa shape index (κ2) is 17.1. The maximum atomic E-state index is 14.6. The zero-order valence-corrected chi connectivity index (χ0v) is 40.1. The maximum absolute atomic E-state index is 14.6. The van der Waals surface area contributed by atoms with Crippen LogP contribution in [0.4, 0.5) is 11.4 Å². The number of hydroxylamine groups is 4. The average Bonchev–Trinajstić information content (AvgIpc) is 3.86. The second-order valence-corrected chi connectivity index (χ2v) is 20.1. The summed E-state index contributed by atoms with van der Waals surface area (Å²) in [7, 11) is 2.85. The summed E-state index contributed by atoms with van der Waals surface area (Å²) >= 11 is 13.4. The molecule has 12 nitrogen and oxygen atoms in total. The third-order valence-corrected chi connectivity index (χ3v) is 16.5. The maximum Gasteiger partial charge on any atom is 0.339 e. The molecule has 5 aliphatic heterocycles. The summed E-state index contributed by atoms with van der Waals surface area (Å²) in [6, 6.07) is 29.1. The smallest absolute Gasteiger partial charge is 0.339 e. The number of methoxy groups -OCH3 is 2. The first-order valence-electron chi connectivity index (χ1n) is 23.8. The number of halogens is 2. The van der Waals surface area contributed by atoms with Crippen LogP contribution in [0.3, 0.4) is 0 Å². The summed E-state index contributed by atoms with van der Waals surface area (Å²) in [6.45, 7) is 5.21. The Kier molecular flexibility index (Phi) is 11.3. The second-order valence-electron chi connectivity index (χ2n) is 19.3. The van der Waals surface area contributed by atoms with Gasteiger partial charge in [-0.3, -0.25) is 0 Å². The molecule has 5 aliphatic rings. The van der Waals surface area contributed by atoms with Crippen LogP contribution in [-0.2, 0) is 25.5 Å². The van der Waals surface area contributed by atoms with Crippen LogP contribution in [0.25, 0.3) is 33.0 Å². The molecular formula is C54H56Cl2N6O6. The molecule has 68 heavy (non-hydrogen) atoms. The van der Waals surface area contributed by atoms with Gasteiger partial charge in [-0.1, -0.05) is 85.6 Å². The van der Waals surface area contributed by atoms with Crippen molar-refractivity contribution in [2.45, 2.75) is 89.1 Å². The molecule has 0 spiro atoms. The Morgan fingerprint density at radius 3 is 1.88 bits per heavy atom. The molecule has 7 atom stereocenters. The SMILES string of the molecule is CC[C@]12C=C(C(=O)OC)c3c(C[C@@H]4Nc5ccc(Cl)cc5C(Nc5ccc(Cl)cc5)[C@H]4c4c5n(c6ccccc46)[C@H]4N(O)CCC[C@@]4(CC)C=C5C(=O)OC)c4ccccc4n3[C@H]1N(O)CCC2. The van der Waals surface area contributed by atoms with Crippen LogP contribution < -0.4 is 10.6 Å². The van der Waals surface area contributed by atoms with Gasteiger partial charge in [0.25, 0.3) is 0 Å². The molecule has 352 valence electrons. The van der Waals surface area contributed by atoms with Crippen molar-refractivity contribution in [1.82, 2.24) is 19.3 Å². The molecule has 2 aromatic heterocycles. The minimum Gasteiger partial charge on any atom is -0.465 e. The van der Waals surface area contributed by atoms with Gasteiger partial charge in [0.1, 0.15) is 12.3 Å². The van der Waals surface area contributed by atoms with Crippen molar-refractivity contribution in [1.29, 1.82) is 0 Å². The van der Waals surface area contributed by atoms with E-state index in [-0.39, 0.29) is 0 Å². The number of carbonyl (C=O) groups excluding carboxylic acids is 2. The van der Waals surface area contributed by atoms with Crippen LogP contribution in [0.5, 0.6) is 0 Å². The van der Waals surface area contributed by atoms with Gasteiger partial charge in [0.15, 0.2) is 0 Å². The van der Waals surface area contributed by atoms with Crippen molar-refractivity contribution in [3.8, 4) is 0 Å². The van der Waals surface area contributed by atoms with Crippen LogP contribution in [0.15, 0.2) is 103 Å². The lowest BCUT2D eigenvalue weighted by molar-refractivity contribution is -0.203. The Labute approximate surface area is 405 Å². The summed E-state index contributed by atoms with van der Waals surface area (Å²) in [5.74, 6) is -1.37. The quantitative estimate of drug-likeness (QED) is 0.104. The lowest BCUT2D eigenvalue weighted by Crippen LogP contribution is -2.49. The van der Waals surface area contributed by atoms with Crippen LogP contribution in [0, 0.1) is 10.8 Å². The number of hydrogen-bond donors (Lipinski definition) is 4. The molecule has 0 aliphatic carbocycles. The van der Waals surface area contributed by atoms with Crippen LogP contribution in [0.1, 0.15) is 105 Å². The number of anilines is 2. The van der Waals surface area contributed by atoms with Crippen molar-refractivity contribution in [3.05, 3.63) is 141 Å². The predicted octanol–water partition coefficient (Wildman–Crippen LogP) is 11.8. The topological polar surface area (TPSA) is 133 Å². The average molecular weight is 956 g/mol. The molecule has 1 unspecified atom stereocenters. The highest BCUT2D eigenvalue weighted by Crippen LogP contribution is 2.59. The lowest BCUT2D eigenvalue weighted by atomic mass is 9.70. The van der Waals surface area contributed by atoms with Gasteiger partial charge in [0.2, 0.25) is 0 Å². The van der Waals surface area contributed by atoms with Crippen molar-refractivity contribution in [2.24, 2.45) is 10.8 Å². The number of hydrogen-bond acceptors (Lipinski definition) is 10. The van der Waals surface area contributed by atoms with Crippen molar-refractivity contribution < 1.29 is 29.5 Å². The number of benzene rings is 4. The molecule has 7 heterocycles. The first-order chi connectivity index (χ1) is 33.0. The van der Waals surface area contributed by atoms with E-state index >= 15 is 0 Å². The number of nitrogens with one attached hydrogen (secondary N) is 2. The van der Waals surface area contributed by atoms with E-state index in [1.54, 1.807) is 0 Å². The first-order valence-corrected chi connectivity index (χ1v) is 24.6. The number of ether oxygens (including phenoxy) is 2. The largest absolute Gasteiger partial charge is 0.465 e. The van der Waals surface area contributed by atoms with E-state index in [0.717, 1.165) is 75.6 Å².